The molecule has 4 N–H and O–H groups in total. The van der Waals surface area contributed by atoms with Gasteiger partial charge in [0.05, 0.1) is 14.2 Å². The minimum Gasteiger partial charge on any atom is -0.504 e. The zero-order chi connectivity index (χ0) is 19.8. The third kappa shape index (κ3) is 5.43. The van der Waals surface area contributed by atoms with Crippen LogP contribution in [0.5, 0.6) is 28.7 Å². The minimum absolute atomic E-state index is 0.0765. The minimum atomic E-state index is -0.312. The summed E-state index contributed by atoms with van der Waals surface area (Å²) in [7, 11) is 2.89. The highest BCUT2D eigenvalue weighted by Gasteiger charge is 2.09. The van der Waals surface area contributed by atoms with Gasteiger partial charge in [0.1, 0.15) is 0 Å². The number of rotatable bonds is 7. The van der Waals surface area contributed by atoms with Crippen molar-refractivity contribution in [3.05, 3.63) is 59.7 Å². The van der Waals surface area contributed by atoms with E-state index in [-0.39, 0.29) is 41.2 Å². The normalized spacial score (nSPS) is 11.0. The summed E-state index contributed by atoms with van der Waals surface area (Å²) in [5, 5.41) is 31.2. The van der Waals surface area contributed by atoms with Crippen molar-refractivity contribution >= 4 is 12.0 Å². The van der Waals surface area contributed by atoms with Gasteiger partial charge in [-0.3, -0.25) is 4.79 Å². The van der Waals surface area contributed by atoms with Gasteiger partial charge in [0, 0.05) is 12.6 Å². The Labute approximate surface area is 156 Å². The van der Waals surface area contributed by atoms with Crippen LogP contribution in [0, 0.1) is 0 Å². The van der Waals surface area contributed by atoms with Crippen molar-refractivity contribution in [3.63, 3.8) is 0 Å². The molecule has 0 fully saturated rings. The van der Waals surface area contributed by atoms with Crippen molar-refractivity contribution < 1.29 is 29.6 Å². The largest absolute Gasteiger partial charge is 0.504 e. The molecule has 0 bridgehead atoms. The molecule has 0 spiro atoms. The first-order valence-electron chi connectivity index (χ1n) is 8.03. The lowest BCUT2D eigenvalue weighted by Gasteiger charge is -2.09. The molecule has 27 heavy (non-hydrogen) atoms. The summed E-state index contributed by atoms with van der Waals surface area (Å²) in [5.41, 5.74) is 1.39. The second-order valence-corrected chi connectivity index (χ2v) is 5.53. The van der Waals surface area contributed by atoms with Crippen molar-refractivity contribution in [3.8, 4) is 28.7 Å². The SMILES string of the molecule is COc1cc(C=CC=CC(=O)NCc2ccc(O)c(O)c2)cc(OC)c1O. The lowest BCUT2D eigenvalue weighted by molar-refractivity contribution is -0.116. The Morgan fingerprint density at radius 1 is 1.00 bits per heavy atom. The number of aromatic hydroxyl groups is 3. The number of phenolic OH excluding ortho intramolecular Hbond substituents is 3. The molecule has 0 aromatic heterocycles. The number of methoxy groups -OCH3 is 2. The van der Waals surface area contributed by atoms with Crippen LogP contribution in [0.2, 0.25) is 0 Å². The van der Waals surface area contributed by atoms with E-state index in [9.17, 15) is 20.1 Å². The summed E-state index contributed by atoms with van der Waals surface area (Å²) in [4.78, 5) is 11.8. The summed E-state index contributed by atoms with van der Waals surface area (Å²) >= 11 is 0. The Morgan fingerprint density at radius 2 is 1.67 bits per heavy atom. The molecule has 0 radical (unpaired) electrons. The van der Waals surface area contributed by atoms with Crippen LogP contribution in [0.4, 0.5) is 0 Å². The van der Waals surface area contributed by atoms with E-state index in [0.717, 1.165) is 5.56 Å². The van der Waals surface area contributed by atoms with E-state index in [0.29, 0.717) is 5.56 Å². The van der Waals surface area contributed by atoms with Crippen LogP contribution >= 0.6 is 0 Å². The van der Waals surface area contributed by atoms with E-state index in [1.54, 1.807) is 36.4 Å². The van der Waals surface area contributed by atoms with Crippen LogP contribution in [-0.4, -0.2) is 35.4 Å². The third-order valence-corrected chi connectivity index (χ3v) is 3.66. The first-order valence-corrected chi connectivity index (χ1v) is 8.03. The van der Waals surface area contributed by atoms with E-state index in [1.807, 2.05) is 0 Å². The maximum Gasteiger partial charge on any atom is 0.244 e. The molecule has 2 aromatic rings. The maximum absolute atomic E-state index is 11.8. The predicted molar refractivity (Wildman–Crippen MR) is 101 cm³/mol. The molecule has 0 aliphatic rings. The second kappa shape index (κ2) is 9.19. The Morgan fingerprint density at radius 3 is 2.26 bits per heavy atom. The van der Waals surface area contributed by atoms with Crippen LogP contribution in [0.25, 0.3) is 6.08 Å². The Hall–Kier alpha value is -3.61. The van der Waals surface area contributed by atoms with Crippen LogP contribution in [-0.2, 0) is 11.3 Å². The van der Waals surface area contributed by atoms with Crippen LogP contribution in [0.1, 0.15) is 11.1 Å². The summed E-state index contributed by atoms with van der Waals surface area (Å²) in [6.07, 6.45) is 6.31. The lowest BCUT2D eigenvalue weighted by atomic mass is 10.1. The van der Waals surface area contributed by atoms with Crippen molar-refractivity contribution in [2.45, 2.75) is 6.54 Å². The number of hydrogen-bond donors (Lipinski definition) is 4. The Kier molecular flexibility index (Phi) is 6.71. The molecule has 0 atom stereocenters. The van der Waals surface area contributed by atoms with Crippen LogP contribution in [0.3, 0.4) is 0 Å². The lowest BCUT2D eigenvalue weighted by Crippen LogP contribution is -2.20. The number of hydrogen-bond acceptors (Lipinski definition) is 6. The number of amides is 1. The second-order valence-electron chi connectivity index (χ2n) is 5.53. The average molecular weight is 371 g/mol. The van der Waals surface area contributed by atoms with Gasteiger partial charge < -0.3 is 30.1 Å². The van der Waals surface area contributed by atoms with E-state index < -0.39 is 0 Å². The highest BCUT2D eigenvalue weighted by molar-refractivity contribution is 5.87. The zero-order valence-corrected chi connectivity index (χ0v) is 15.0. The fourth-order valence-corrected chi connectivity index (χ4v) is 2.25. The summed E-state index contributed by atoms with van der Waals surface area (Å²) in [6, 6.07) is 7.62. The Bertz CT molecular complexity index is 848. The number of ether oxygens (including phenoxy) is 2. The molecule has 0 aliphatic carbocycles. The highest BCUT2D eigenvalue weighted by atomic mass is 16.5. The van der Waals surface area contributed by atoms with E-state index >= 15 is 0 Å². The molecule has 2 rings (SSSR count). The first-order chi connectivity index (χ1) is 12.9. The molecule has 2 aromatic carbocycles. The summed E-state index contributed by atoms with van der Waals surface area (Å²) in [5.74, 6) is -0.265. The zero-order valence-electron chi connectivity index (χ0n) is 15.0. The van der Waals surface area contributed by atoms with Gasteiger partial charge in [-0.25, -0.2) is 0 Å². The van der Waals surface area contributed by atoms with Crippen molar-refractivity contribution in [1.82, 2.24) is 5.32 Å². The van der Waals surface area contributed by atoms with Gasteiger partial charge in [-0.15, -0.1) is 0 Å². The monoisotopic (exact) mass is 371 g/mol. The fraction of sp³-hybridized carbons (Fsp3) is 0.150. The smallest absolute Gasteiger partial charge is 0.244 e. The quantitative estimate of drug-likeness (QED) is 0.339. The average Bonchev–Trinajstić information content (AvgIpc) is 2.67. The van der Waals surface area contributed by atoms with Gasteiger partial charge in [0.15, 0.2) is 23.0 Å². The first kappa shape index (κ1) is 19.7. The van der Waals surface area contributed by atoms with Gasteiger partial charge in [-0.2, -0.15) is 0 Å². The number of benzene rings is 2. The number of carbonyl (C=O) groups excluding carboxylic acids is 1. The third-order valence-electron chi connectivity index (χ3n) is 3.66. The molecule has 7 nitrogen and oxygen atoms in total. The molecule has 0 saturated carbocycles. The predicted octanol–water partition coefficient (Wildman–Crippen LogP) is 2.71. The number of carbonyl (C=O) groups is 1. The summed E-state index contributed by atoms with van der Waals surface area (Å²) in [6.45, 7) is 0.215. The molecular formula is C20H21NO6. The maximum atomic E-state index is 11.8. The van der Waals surface area contributed by atoms with Gasteiger partial charge >= 0.3 is 0 Å². The number of phenols is 3. The van der Waals surface area contributed by atoms with Gasteiger partial charge in [-0.05, 0) is 35.4 Å². The molecule has 142 valence electrons. The molecule has 7 heteroatoms. The number of allylic oxidation sites excluding steroid dienone is 2. The van der Waals surface area contributed by atoms with Gasteiger partial charge in [0.25, 0.3) is 0 Å². The number of nitrogens with one attached hydrogen (secondary N) is 1. The van der Waals surface area contributed by atoms with E-state index in [2.05, 4.69) is 5.32 Å². The molecule has 1 amide bonds. The van der Waals surface area contributed by atoms with E-state index in [1.165, 1.54) is 32.4 Å². The van der Waals surface area contributed by atoms with Gasteiger partial charge in [-0.1, -0.05) is 24.3 Å². The van der Waals surface area contributed by atoms with Gasteiger partial charge in [0.2, 0.25) is 11.7 Å². The standard InChI is InChI=1S/C20H21NO6/c1-26-17-10-13(11-18(27-2)20(17)25)5-3-4-6-19(24)21-12-14-7-8-15(22)16(23)9-14/h3-11,22-23,25H,12H2,1-2H3,(H,21,24). The topological polar surface area (TPSA) is 108 Å². The fourth-order valence-electron chi connectivity index (χ4n) is 2.25. The molecule has 0 heterocycles. The van der Waals surface area contributed by atoms with Crippen LogP contribution < -0.4 is 14.8 Å². The van der Waals surface area contributed by atoms with Crippen molar-refractivity contribution in [2.75, 3.05) is 14.2 Å². The highest BCUT2D eigenvalue weighted by Crippen LogP contribution is 2.37. The summed E-state index contributed by atoms with van der Waals surface area (Å²) < 4.78 is 10.2. The molecule has 0 unspecified atom stereocenters. The van der Waals surface area contributed by atoms with Crippen LogP contribution in [0.15, 0.2) is 48.6 Å². The van der Waals surface area contributed by atoms with Crippen molar-refractivity contribution in [2.24, 2.45) is 0 Å². The van der Waals surface area contributed by atoms with E-state index in [4.69, 9.17) is 9.47 Å². The van der Waals surface area contributed by atoms with Crippen molar-refractivity contribution in [1.29, 1.82) is 0 Å². The molecule has 0 aliphatic heterocycles. The molecular weight excluding hydrogens is 350 g/mol. The molecule has 0 saturated heterocycles. The Balaban J connectivity index is 1.94.